The van der Waals surface area contributed by atoms with Gasteiger partial charge in [0.25, 0.3) is 0 Å². The fourth-order valence-electron chi connectivity index (χ4n) is 2.33. The molecule has 1 saturated heterocycles. The quantitative estimate of drug-likeness (QED) is 0.743. The number of ether oxygens (including phenoxy) is 1. The van der Waals surface area contributed by atoms with Crippen LogP contribution in [0.4, 0.5) is 10.6 Å². The molecule has 2 heterocycles. The highest BCUT2D eigenvalue weighted by Crippen LogP contribution is 2.18. The van der Waals surface area contributed by atoms with Gasteiger partial charge in [-0.1, -0.05) is 0 Å². The normalized spacial score (nSPS) is 16.4. The summed E-state index contributed by atoms with van der Waals surface area (Å²) in [5.74, 6) is 0.809. The first-order chi connectivity index (χ1) is 10.2. The first kappa shape index (κ1) is 16.8. The van der Waals surface area contributed by atoms with Gasteiger partial charge in [0.15, 0.2) is 0 Å². The second-order valence-electron chi connectivity index (χ2n) is 6.44. The van der Waals surface area contributed by atoms with Crippen LogP contribution in [0, 0.1) is 6.92 Å². The molecular formula is C15H23ClN4O2. The van der Waals surface area contributed by atoms with Gasteiger partial charge in [-0.3, -0.25) is 0 Å². The smallest absolute Gasteiger partial charge is 0.410 e. The number of anilines is 1. The van der Waals surface area contributed by atoms with E-state index in [1.165, 1.54) is 0 Å². The number of aryl methyl sites for hydroxylation is 1. The van der Waals surface area contributed by atoms with Crippen molar-refractivity contribution in [3.63, 3.8) is 0 Å². The van der Waals surface area contributed by atoms with Gasteiger partial charge < -0.3 is 14.5 Å². The zero-order chi connectivity index (χ0) is 16.3. The second kappa shape index (κ2) is 6.69. The molecule has 0 aromatic carbocycles. The molecule has 1 aliphatic heterocycles. The lowest BCUT2D eigenvalue weighted by atomic mass is 10.2. The molecule has 2 rings (SSSR count). The van der Waals surface area contributed by atoms with Crippen LogP contribution in [0.2, 0.25) is 5.28 Å². The lowest BCUT2D eigenvalue weighted by molar-refractivity contribution is 0.0263. The summed E-state index contributed by atoms with van der Waals surface area (Å²) in [4.78, 5) is 24.4. The van der Waals surface area contributed by atoms with E-state index in [9.17, 15) is 4.79 Å². The molecule has 1 amide bonds. The van der Waals surface area contributed by atoms with E-state index < -0.39 is 5.60 Å². The van der Waals surface area contributed by atoms with Gasteiger partial charge in [0.05, 0.1) is 0 Å². The zero-order valence-electron chi connectivity index (χ0n) is 13.6. The maximum Gasteiger partial charge on any atom is 0.410 e. The fourth-order valence-corrected chi connectivity index (χ4v) is 2.55. The third-order valence-electron chi connectivity index (χ3n) is 3.28. The summed E-state index contributed by atoms with van der Waals surface area (Å²) < 4.78 is 5.43. The van der Waals surface area contributed by atoms with Crippen LogP contribution < -0.4 is 4.90 Å². The van der Waals surface area contributed by atoms with Gasteiger partial charge >= 0.3 is 6.09 Å². The van der Waals surface area contributed by atoms with Crippen molar-refractivity contribution in [3.05, 3.63) is 17.0 Å². The Bertz CT molecular complexity index is 525. The van der Waals surface area contributed by atoms with E-state index in [0.717, 1.165) is 24.5 Å². The monoisotopic (exact) mass is 326 g/mol. The average Bonchev–Trinajstić information content (AvgIpc) is 2.61. The fraction of sp³-hybridized carbons (Fsp3) is 0.667. The number of hydrogen-bond acceptors (Lipinski definition) is 5. The van der Waals surface area contributed by atoms with Crippen LogP contribution in [0.15, 0.2) is 6.07 Å². The van der Waals surface area contributed by atoms with Gasteiger partial charge in [0.1, 0.15) is 11.4 Å². The number of halogens is 1. The van der Waals surface area contributed by atoms with Crippen LogP contribution in [0.5, 0.6) is 0 Å². The molecule has 0 atom stereocenters. The molecule has 22 heavy (non-hydrogen) atoms. The maximum absolute atomic E-state index is 12.2. The average molecular weight is 327 g/mol. The summed E-state index contributed by atoms with van der Waals surface area (Å²) in [5, 5.41) is 0.253. The maximum atomic E-state index is 12.2. The molecule has 1 fully saturated rings. The largest absolute Gasteiger partial charge is 0.444 e. The van der Waals surface area contributed by atoms with Crippen LogP contribution in [0.1, 0.15) is 32.9 Å². The number of aromatic nitrogens is 2. The predicted molar refractivity (Wildman–Crippen MR) is 86.4 cm³/mol. The van der Waals surface area contributed by atoms with Gasteiger partial charge in [0.2, 0.25) is 5.28 Å². The van der Waals surface area contributed by atoms with E-state index in [2.05, 4.69) is 14.9 Å². The van der Waals surface area contributed by atoms with Crippen LogP contribution in [-0.2, 0) is 4.74 Å². The van der Waals surface area contributed by atoms with Crippen LogP contribution in [-0.4, -0.2) is 52.7 Å². The van der Waals surface area contributed by atoms with E-state index in [1.54, 1.807) is 4.90 Å². The highest BCUT2D eigenvalue weighted by molar-refractivity contribution is 6.28. The van der Waals surface area contributed by atoms with E-state index in [4.69, 9.17) is 16.3 Å². The first-order valence-electron chi connectivity index (χ1n) is 7.49. The van der Waals surface area contributed by atoms with E-state index >= 15 is 0 Å². The Labute approximate surface area is 136 Å². The van der Waals surface area contributed by atoms with Crippen molar-refractivity contribution in [1.29, 1.82) is 0 Å². The first-order valence-corrected chi connectivity index (χ1v) is 7.86. The highest BCUT2D eigenvalue weighted by Gasteiger charge is 2.25. The van der Waals surface area contributed by atoms with Gasteiger partial charge in [-0.05, 0) is 45.7 Å². The Hall–Kier alpha value is -1.56. The van der Waals surface area contributed by atoms with E-state index in [1.807, 2.05) is 33.8 Å². The molecule has 1 aromatic rings. The minimum atomic E-state index is -0.472. The van der Waals surface area contributed by atoms with E-state index in [-0.39, 0.29) is 11.4 Å². The van der Waals surface area contributed by atoms with Gasteiger partial charge in [0, 0.05) is 37.9 Å². The predicted octanol–water partition coefficient (Wildman–Crippen LogP) is 2.89. The molecule has 0 unspecified atom stereocenters. The van der Waals surface area contributed by atoms with Crippen LogP contribution >= 0.6 is 11.6 Å². The molecule has 6 nitrogen and oxygen atoms in total. The van der Waals surface area contributed by atoms with Crippen LogP contribution in [0.25, 0.3) is 0 Å². The molecule has 0 N–H and O–H groups in total. The number of carbonyl (C=O) groups is 1. The van der Waals surface area contributed by atoms with Gasteiger partial charge in [-0.15, -0.1) is 0 Å². The van der Waals surface area contributed by atoms with Crippen LogP contribution in [0.3, 0.4) is 0 Å². The number of amides is 1. The van der Waals surface area contributed by atoms with Crippen molar-refractivity contribution in [2.75, 3.05) is 31.1 Å². The molecule has 1 aliphatic rings. The van der Waals surface area contributed by atoms with Crippen molar-refractivity contribution < 1.29 is 9.53 Å². The molecule has 0 spiro atoms. The standard InChI is InChI=1S/C15H23ClN4O2/c1-11-10-12(18-13(16)17-11)19-6-5-7-20(9-8-19)14(21)22-15(2,3)4/h10H,5-9H2,1-4H3. The Morgan fingerprint density at radius 1 is 1.23 bits per heavy atom. The lowest BCUT2D eigenvalue weighted by Gasteiger charge is -2.26. The minimum absolute atomic E-state index is 0.253. The Morgan fingerprint density at radius 2 is 1.95 bits per heavy atom. The third kappa shape index (κ3) is 4.73. The van der Waals surface area contributed by atoms with Crippen molar-refractivity contribution >= 4 is 23.5 Å². The highest BCUT2D eigenvalue weighted by atomic mass is 35.5. The summed E-state index contributed by atoms with van der Waals surface area (Å²) >= 11 is 5.93. The molecular weight excluding hydrogens is 304 g/mol. The molecule has 122 valence electrons. The molecule has 0 saturated carbocycles. The Kier molecular flexibility index (Phi) is 5.11. The third-order valence-corrected chi connectivity index (χ3v) is 3.45. The minimum Gasteiger partial charge on any atom is -0.444 e. The Morgan fingerprint density at radius 3 is 2.59 bits per heavy atom. The molecule has 7 heteroatoms. The number of nitrogens with zero attached hydrogens (tertiary/aromatic N) is 4. The van der Waals surface area contributed by atoms with Crippen molar-refractivity contribution in [2.45, 2.75) is 39.7 Å². The summed E-state index contributed by atoms with van der Waals surface area (Å²) in [7, 11) is 0. The topological polar surface area (TPSA) is 58.6 Å². The number of rotatable bonds is 1. The molecule has 0 aliphatic carbocycles. The SMILES string of the molecule is Cc1cc(N2CCCN(C(=O)OC(C)(C)C)CC2)nc(Cl)n1. The summed E-state index contributed by atoms with van der Waals surface area (Å²) in [6.07, 6.45) is 0.603. The summed E-state index contributed by atoms with van der Waals surface area (Å²) in [6, 6.07) is 1.91. The Balaban J connectivity index is 2.02. The summed E-state index contributed by atoms with van der Waals surface area (Å²) in [5.41, 5.74) is 0.364. The molecule has 1 aromatic heterocycles. The van der Waals surface area contributed by atoms with Crippen molar-refractivity contribution in [2.24, 2.45) is 0 Å². The van der Waals surface area contributed by atoms with Crippen molar-refractivity contribution in [3.8, 4) is 0 Å². The van der Waals surface area contributed by atoms with Crippen molar-refractivity contribution in [1.82, 2.24) is 14.9 Å². The lowest BCUT2D eigenvalue weighted by Crippen LogP contribution is -2.39. The zero-order valence-corrected chi connectivity index (χ0v) is 14.4. The van der Waals surface area contributed by atoms with E-state index in [0.29, 0.717) is 19.6 Å². The molecule has 0 bridgehead atoms. The van der Waals surface area contributed by atoms with Gasteiger partial charge in [-0.25, -0.2) is 14.8 Å². The van der Waals surface area contributed by atoms with Gasteiger partial charge in [-0.2, -0.15) is 0 Å². The second-order valence-corrected chi connectivity index (χ2v) is 6.78. The molecule has 0 radical (unpaired) electrons. The number of hydrogen-bond donors (Lipinski definition) is 0. The number of carbonyl (C=O) groups excluding carboxylic acids is 1. The summed E-state index contributed by atoms with van der Waals surface area (Å²) in [6.45, 7) is 10.3.